The summed E-state index contributed by atoms with van der Waals surface area (Å²) in [7, 11) is 3.31. The number of ether oxygens (including phenoxy) is 2. The van der Waals surface area contributed by atoms with Crippen molar-refractivity contribution >= 4 is 74.4 Å². The molecule has 4 heterocycles. The number of piperazine rings is 1. The van der Waals surface area contributed by atoms with Gasteiger partial charge in [-0.15, -0.1) is 11.6 Å². The van der Waals surface area contributed by atoms with E-state index < -0.39 is 18.1 Å². The van der Waals surface area contributed by atoms with Gasteiger partial charge >= 0.3 is 12.1 Å². The Hall–Kier alpha value is -5.12. The van der Waals surface area contributed by atoms with Crippen molar-refractivity contribution in [2.45, 2.75) is 58.9 Å². The summed E-state index contributed by atoms with van der Waals surface area (Å²) in [6.07, 6.45) is 1.58. The number of esters is 1. The van der Waals surface area contributed by atoms with Gasteiger partial charge in [0, 0.05) is 84.7 Å². The number of nitrogens with zero attached hydrogens (tertiary/aromatic N) is 3. The van der Waals surface area contributed by atoms with E-state index in [2.05, 4.69) is 30.8 Å². The lowest BCUT2D eigenvalue weighted by Crippen LogP contribution is -2.48. The van der Waals surface area contributed by atoms with Gasteiger partial charge in [0.2, 0.25) is 5.91 Å². The Morgan fingerprint density at radius 3 is 2.47 bits per heavy atom. The quantitative estimate of drug-likeness (QED) is 0.0599. The number of rotatable bonds is 15. The standard InChI is InChI=1S/C41H53ClN8O7/c1-7-8-9-33(52)43-20-31(51)37(23(2)3)45-22-44-27-10-11-28-25(16-27)17-29(47-28)39(53)50-21-26(19-42)35-30(50)18-32(57-41(55)49-14-12-48(5)13-15-49)38-36(35)34(24(4)46-38)40(54)56-6/h10-11,16-18,23,26,37,44-47H,7-9,12-15,19-22H2,1-6H3,(H,43,52)/t26-,37+/m1/s1. The number of nitrogens with one attached hydrogen (secondary N) is 5. The number of methoxy groups -OCH3 is 1. The fraction of sp³-hybridized carbons (Fsp3) is 0.488. The lowest BCUT2D eigenvalue weighted by molar-refractivity contribution is -0.126. The van der Waals surface area contributed by atoms with E-state index in [0.29, 0.717) is 78.4 Å². The van der Waals surface area contributed by atoms with Crippen LogP contribution in [0.4, 0.5) is 16.2 Å². The number of anilines is 2. The summed E-state index contributed by atoms with van der Waals surface area (Å²) in [4.78, 5) is 77.9. The van der Waals surface area contributed by atoms with E-state index in [9.17, 15) is 24.0 Å². The number of Topliss-reactive ketones (excluding diaryl/α,β-unsaturated/α-hetero) is 1. The number of likely N-dealkylation sites (N-methyl/N-ethyl adjacent to an activating group) is 1. The zero-order chi connectivity index (χ0) is 41.0. The molecule has 2 aliphatic heterocycles. The summed E-state index contributed by atoms with van der Waals surface area (Å²) < 4.78 is 11.2. The van der Waals surface area contributed by atoms with Crippen molar-refractivity contribution in [3.05, 3.63) is 52.8 Å². The molecular formula is C41H53ClN8O7. The molecule has 306 valence electrons. The molecule has 2 aromatic carbocycles. The van der Waals surface area contributed by atoms with Crippen molar-refractivity contribution < 1.29 is 33.4 Å². The van der Waals surface area contributed by atoms with Gasteiger partial charge in [-0.25, -0.2) is 9.59 Å². The van der Waals surface area contributed by atoms with Crippen LogP contribution in [-0.2, 0) is 14.3 Å². The fourth-order valence-corrected chi connectivity index (χ4v) is 7.89. The third-order valence-electron chi connectivity index (χ3n) is 10.8. The Bertz CT molecular complexity index is 2160. The van der Waals surface area contributed by atoms with Crippen LogP contribution in [-0.4, -0.2) is 121 Å². The topological polar surface area (TPSA) is 181 Å². The zero-order valence-corrected chi connectivity index (χ0v) is 34.2. The predicted octanol–water partition coefficient (Wildman–Crippen LogP) is 5.33. The summed E-state index contributed by atoms with van der Waals surface area (Å²) in [6, 6.07) is 8.66. The zero-order valence-electron chi connectivity index (χ0n) is 33.5. The first kappa shape index (κ1) is 41.5. The van der Waals surface area contributed by atoms with E-state index in [4.69, 9.17) is 21.1 Å². The summed E-state index contributed by atoms with van der Waals surface area (Å²) in [6.45, 7) is 10.6. The van der Waals surface area contributed by atoms with Crippen LogP contribution in [0, 0.1) is 12.8 Å². The maximum atomic E-state index is 14.4. The Morgan fingerprint density at radius 1 is 1.04 bits per heavy atom. The Morgan fingerprint density at radius 2 is 1.79 bits per heavy atom. The molecule has 6 rings (SSSR count). The molecule has 0 aliphatic carbocycles. The molecule has 57 heavy (non-hydrogen) atoms. The number of aryl methyl sites for hydroxylation is 1. The van der Waals surface area contributed by atoms with Crippen molar-refractivity contribution in [1.29, 1.82) is 0 Å². The number of H-pyrrole nitrogens is 2. The number of alkyl halides is 1. The van der Waals surface area contributed by atoms with Gasteiger partial charge in [0.05, 0.1) is 43.1 Å². The Balaban J connectivity index is 1.23. The fourth-order valence-electron chi connectivity index (χ4n) is 7.64. The molecule has 5 N–H and O–H groups in total. The number of benzene rings is 2. The monoisotopic (exact) mass is 804 g/mol. The number of carbonyl (C=O) groups is 5. The van der Waals surface area contributed by atoms with Gasteiger partial charge in [-0.3, -0.25) is 19.7 Å². The number of carbonyl (C=O) groups excluding carboxylic acids is 5. The molecular weight excluding hydrogens is 752 g/mol. The smallest absolute Gasteiger partial charge is 0.415 e. The SMILES string of the molecule is CCCCC(=O)NCC(=O)[C@@H](NCNc1ccc2[nH]c(C(=O)N3C[C@@H](CCl)c4c3cc(OC(=O)N3CCN(C)CC3)c3[nH]c(C)c(C(=O)OC)c43)cc2c1)C(C)C. The maximum Gasteiger partial charge on any atom is 0.415 e. The molecule has 0 radical (unpaired) electrons. The van der Waals surface area contributed by atoms with Crippen LogP contribution < -0.4 is 25.6 Å². The van der Waals surface area contributed by atoms with Gasteiger partial charge in [-0.2, -0.15) is 0 Å². The van der Waals surface area contributed by atoms with Gasteiger partial charge < -0.3 is 44.8 Å². The minimum absolute atomic E-state index is 0.00573. The van der Waals surface area contributed by atoms with Crippen LogP contribution in [0.15, 0.2) is 30.3 Å². The number of fused-ring (bicyclic) bond motifs is 4. The lowest BCUT2D eigenvalue weighted by atomic mass is 9.95. The molecule has 1 fully saturated rings. The number of hydrogen-bond donors (Lipinski definition) is 5. The predicted molar refractivity (Wildman–Crippen MR) is 221 cm³/mol. The minimum atomic E-state index is -0.561. The summed E-state index contributed by atoms with van der Waals surface area (Å²) in [5.74, 6) is -1.05. The average molecular weight is 805 g/mol. The van der Waals surface area contributed by atoms with Crippen molar-refractivity contribution in [2.75, 3.05) is 76.2 Å². The van der Waals surface area contributed by atoms with E-state index in [-0.39, 0.29) is 54.2 Å². The van der Waals surface area contributed by atoms with Crippen molar-refractivity contribution in [2.24, 2.45) is 5.92 Å². The highest BCUT2D eigenvalue weighted by Crippen LogP contribution is 2.48. The van der Waals surface area contributed by atoms with Crippen LogP contribution >= 0.6 is 11.6 Å². The van der Waals surface area contributed by atoms with Crippen molar-refractivity contribution in [3.63, 3.8) is 0 Å². The molecule has 15 nitrogen and oxygen atoms in total. The normalized spacial score (nSPS) is 16.2. The summed E-state index contributed by atoms with van der Waals surface area (Å²) in [5, 5.41) is 10.6. The van der Waals surface area contributed by atoms with Gasteiger partial charge in [0.25, 0.3) is 5.91 Å². The third kappa shape index (κ3) is 8.90. The van der Waals surface area contributed by atoms with E-state index in [0.717, 1.165) is 29.4 Å². The summed E-state index contributed by atoms with van der Waals surface area (Å²) >= 11 is 6.57. The van der Waals surface area contributed by atoms with Gasteiger partial charge in [-0.1, -0.05) is 27.2 Å². The number of halogens is 1. The molecule has 0 spiro atoms. The molecule has 0 unspecified atom stereocenters. The Kier molecular flexibility index (Phi) is 13.1. The summed E-state index contributed by atoms with van der Waals surface area (Å²) in [5.41, 5.74) is 4.33. The highest BCUT2D eigenvalue weighted by atomic mass is 35.5. The second kappa shape index (κ2) is 18.0. The van der Waals surface area contributed by atoms with E-state index in [1.54, 1.807) is 28.9 Å². The number of aromatic amines is 2. The maximum absolute atomic E-state index is 14.4. The van der Waals surface area contributed by atoms with Gasteiger partial charge in [0.1, 0.15) is 5.69 Å². The largest absolute Gasteiger partial charge is 0.465 e. The number of unbranched alkanes of at least 4 members (excludes halogenated alkanes) is 1. The number of hydrogen-bond acceptors (Lipinski definition) is 10. The lowest BCUT2D eigenvalue weighted by Gasteiger charge is -2.31. The highest BCUT2D eigenvalue weighted by molar-refractivity contribution is 6.20. The molecule has 3 amide bonds. The number of ketones is 1. The molecule has 4 aromatic rings. The van der Waals surface area contributed by atoms with Crippen LogP contribution in [0.5, 0.6) is 5.75 Å². The molecule has 1 saturated heterocycles. The molecule has 2 aromatic heterocycles. The average Bonchev–Trinajstić information content (AvgIpc) is 3.90. The molecule has 2 aliphatic rings. The molecule has 16 heteroatoms. The third-order valence-corrected chi connectivity index (χ3v) is 11.2. The first-order valence-corrected chi connectivity index (χ1v) is 20.1. The van der Waals surface area contributed by atoms with Crippen LogP contribution in [0.2, 0.25) is 0 Å². The van der Waals surface area contributed by atoms with Crippen LogP contribution in [0.1, 0.15) is 78.1 Å². The second-order valence-corrected chi connectivity index (χ2v) is 15.5. The first-order chi connectivity index (χ1) is 27.3. The van der Waals surface area contributed by atoms with Crippen LogP contribution in [0.25, 0.3) is 21.8 Å². The first-order valence-electron chi connectivity index (χ1n) is 19.5. The molecule has 2 atom stereocenters. The Labute approximate surface area is 337 Å². The highest BCUT2D eigenvalue weighted by Gasteiger charge is 2.39. The van der Waals surface area contributed by atoms with E-state index in [1.165, 1.54) is 7.11 Å². The number of aromatic nitrogens is 2. The minimum Gasteiger partial charge on any atom is -0.465 e. The van der Waals surface area contributed by atoms with E-state index >= 15 is 0 Å². The van der Waals surface area contributed by atoms with E-state index in [1.807, 2.05) is 46.0 Å². The van der Waals surface area contributed by atoms with Gasteiger partial charge in [0.15, 0.2) is 11.5 Å². The van der Waals surface area contributed by atoms with Gasteiger partial charge in [-0.05, 0) is 56.1 Å². The van der Waals surface area contributed by atoms with Crippen molar-refractivity contribution in [3.8, 4) is 5.75 Å². The van der Waals surface area contributed by atoms with Crippen molar-refractivity contribution in [1.82, 2.24) is 30.4 Å². The van der Waals surface area contributed by atoms with Crippen LogP contribution in [0.3, 0.4) is 0 Å². The second-order valence-electron chi connectivity index (χ2n) is 15.2. The number of amides is 3. The molecule has 0 bridgehead atoms. The molecule has 0 saturated carbocycles.